The van der Waals surface area contributed by atoms with Gasteiger partial charge in [0.05, 0.1) is 19.1 Å². The maximum atomic E-state index is 5.55. The molecule has 0 atom stereocenters. The number of nitrogens with zero attached hydrogens (tertiary/aromatic N) is 2. The lowest BCUT2D eigenvalue weighted by molar-refractivity contribution is 0.394. The van der Waals surface area contributed by atoms with Crippen LogP contribution in [0.1, 0.15) is 0 Å². The average Bonchev–Trinajstić information content (AvgIpc) is 2.38. The highest BCUT2D eigenvalue weighted by Gasteiger charge is 2.08. The Morgan fingerprint density at radius 1 is 1.17 bits per heavy atom. The average molecular weight is 263 g/mol. The topological polar surface area (TPSA) is 70.3 Å². The molecule has 0 radical (unpaired) electrons. The predicted molar refractivity (Wildman–Crippen MR) is 70.1 cm³/mol. The molecule has 6 heteroatoms. The Morgan fingerprint density at radius 2 is 2.00 bits per heavy atom. The zero-order chi connectivity index (χ0) is 13.0. The Kier molecular flexibility index (Phi) is 3.88. The first-order valence-electron chi connectivity index (χ1n) is 5.21. The van der Waals surface area contributed by atoms with E-state index in [0.29, 0.717) is 0 Å². The summed E-state index contributed by atoms with van der Waals surface area (Å²) in [5.41, 5.74) is 5.55. The van der Waals surface area contributed by atoms with Gasteiger partial charge in [-0.15, -0.1) is 0 Å². The number of anilines is 1. The molecule has 2 rings (SSSR count). The minimum absolute atomic E-state index is 0.252. The van der Waals surface area contributed by atoms with Crippen LogP contribution in [0.5, 0.6) is 11.5 Å². The smallest absolute Gasteiger partial charge is 0.221 e. The van der Waals surface area contributed by atoms with Gasteiger partial charge >= 0.3 is 0 Å². The first-order valence-corrected chi connectivity index (χ1v) is 6.03. The lowest BCUT2D eigenvalue weighted by Crippen LogP contribution is -1.94. The molecule has 0 saturated carbocycles. The number of rotatable bonds is 4. The van der Waals surface area contributed by atoms with Crippen LogP contribution in [0.2, 0.25) is 0 Å². The number of ether oxygens (including phenoxy) is 2. The third-order valence-electron chi connectivity index (χ3n) is 2.23. The van der Waals surface area contributed by atoms with E-state index >= 15 is 0 Å². The van der Waals surface area contributed by atoms with E-state index in [1.54, 1.807) is 26.5 Å². The molecule has 0 aliphatic carbocycles. The van der Waals surface area contributed by atoms with E-state index in [1.807, 2.05) is 18.2 Å². The van der Waals surface area contributed by atoms with Crippen molar-refractivity contribution in [2.45, 2.75) is 9.92 Å². The summed E-state index contributed by atoms with van der Waals surface area (Å²) < 4.78 is 10.5. The molecule has 1 aromatic heterocycles. The molecule has 1 aromatic carbocycles. The summed E-state index contributed by atoms with van der Waals surface area (Å²) in [5, 5.41) is 0.758. The van der Waals surface area contributed by atoms with Crippen molar-refractivity contribution in [2.75, 3.05) is 20.0 Å². The Bertz CT molecular complexity index is 549. The molecule has 0 saturated heterocycles. The quantitative estimate of drug-likeness (QED) is 0.853. The van der Waals surface area contributed by atoms with Gasteiger partial charge in [0.1, 0.15) is 16.5 Å². The number of hydrogen-bond donors (Lipinski definition) is 1. The summed E-state index contributed by atoms with van der Waals surface area (Å²) in [6.45, 7) is 0. The lowest BCUT2D eigenvalue weighted by atomic mass is 10.3. The predicted octanol–water partition coefficient (Wildman–Crippen LogP) is 2.23. The number of methoxy groups -OCH3 is 2. The Hall–Kier alpha value is -1.95. The number of benzene rings is 1. The van der Waals surface area contributed by atoms with Gasteiger partial charge in [0.2, 0.25) is 5.95 Å². The third-order valence-corrected chi connectivity index (χ3v) is 3.21. The first-order chi connectivity index (χ1) is 8.72. The molecule has 0 aliphatic rings. The van der Waals surface area contributed by atoms with E-state index in [9.17, 15) is 0 Å². The Balaban J connectivity index is 2.32. The van der Waals surface area contributed by atoms with Gasteiger partial charge in [-0.25, -0.2) is 9.97 Å². The minimum atomic E-state index is 0.252. The molecule has 2 N–H and O–H groups in total. The Morgan fingerprint density at radius 3 is 2.67 bits per heavy atom. The van der Waals surface area contributed by atoms with Crippen LogP contribution in [-0.4, -0.2) is 24.2 Å². The van der Waals surface area contributed by atoms with Crippen molar-refractivity contribution in [1.82, 2.24) is 9.97 Å². The minimum Gasteiger partial charge on any atom is -0.497 e. The van der Waals surface area contributed by atoms with Gasteiger partial charge in [-0.3, -0.25) is 0 Å². The molecule has 18 heavy (non-hydrogen) atoms. The molecule has 0 spiro atoms. The summed E-state index contributed by atoms with van der Waals surface area (Å²) in [7, 11) is 3.25. The lowest BCUT2D eigenvalue weighted by Gasteiger charge is -2.09. The number of hydrogen-bond acceptors (Lipinski definition) is 6. The second kappa shape index (κ2) is 5.59. The summed E-state index contributed by atoms with van der Waals surface area (Å²) >= 11 is 1.45. The van der Waals surface area contributed by atoms with Crippen molar-refractivity contribution in [3.63, 3.8) is 0 Å². The van der Waals surface area contributed by atoms with Crippen molar-refractivity contribution in [2.24, 2.45) is 0 Å². The molecule has 2 aromatic rings. The van der Waals surface area contributed by atoms with Crippen molar-refractivity contribution in [3.8, 4) is 11.5 Å². The highest BCUT2D eigenvalue weighted by Crippen LogP contribution is 2.36. The van der Waals surface area contributed by atoms with Crippen LogP contribution in [0, 0.1) is 0 Å². The highest BCUT2D eigenvalue weighted by molar-refractivity contribution is 7.99. The van der Waals surface area contributed by atoms with Gasteiger partial charge in [0.25, 0.3) is 0 Å². The largest absolute Gasteiger partial charge is 0.497 e. The van der Waals surface area contributed by atoms with E-state index < -0.39 is 0 Å². The fourth-order valence-electron chi connectivity index (χ4n) is 1.39. The fourth-order valence-corrected chi connectivity index (χ4v) is 2.31. The monoisotopic (exact) mass is 263 g/mol. The molecule has 0 unspecified atom stereocenters. The van der Waals surface area contributed by atoms with Crippen LogP contribution >= 0.6 is 11.8 Å². The number of nitrogen functional groups attached to an aromatic ring is 1. The van der Waals surface area contributed by atoms with Crippen molar-refractivity contribution in [3.05, 3.63) is 30.5 Å². The van der Waals surface area contributed by atoms with E-state index in [0.717, 1.165) is 21.4 Å². The second-order valence-corrected chi connectivity index (χ2v) is 4.43. The molecular weight excluding hydrogens is 250 g/mol. The maximum absolute atomic E-state index is 5.55. The van der Waals surface area contributed by atoms with Gasteiger partial charge < -0.3 is 15.2 Å². The first kappa shape index (κ1) is 12.5. The molecule has 1 heterocycles. The molecule has 0 fully saturated rings. The van der Waals surface area contributed by atoms with Gasteiger partial charge in [0, 0.05) is 6.20 Å². The summed E-state index contributed by atoms with van der Waals surface area (Å²) in [4.78, 5) is 8.90. The normalized spacial score (nSPS) is 10.1. The van der Waals surface area contributed by atoms with E-state index in [-0.39, 0.29) is 5.95 Å². The van der Waals surface area contributed by atoms with E-state index in [2.05, 4.69) is 9.97 Å². The maximum Gasteiger partial charge on any atom is 0.221 e. The van der Waals surface area contributed by atoms with Gasteiger partial charge in [0.15, 0.2) is 0 Å². The van der Waals surface area contributed by atoms with E-state index in [1.165, 1.54) is 11.8 Å². The zero-order valence-electron chi connectivity index (χ0n) is 10.1. The molecule has 5 nitrogen and oxygen atoms in total. The summed E-state index contributed by atoms with van der Waals surface area (Å²) in [5.74, 6) is 1.78. The molecule has 0 aliphatic heterocycles. The van der Waals surface area contributed by atoms with Gasteiger partial charge in [-0.1, -0.05) is 11.8 Å². The van der Waals surface area contributed by atoms with Crippen molar-refractivity contribution >= 4 is 17.7 Å². The number of nitrogens with two attached hydrogens (primary N) is 1. The third kappa shape index (κ3) is 2.84. The fraction of sp³-hybridized carbons (Fsp3) is 0.167. The van der Waals surface area contributed by atoms with Gasteiger partial charge in [-0.05, 0) is 24.3 Å². The van der Waals surface area contributed by atoms with Crippen LogP contribution in [-0.2, 0) is 0 Å². The molecule has 0 bridgehead atoms. The summed E-state index contributed by atoms with van der Waals surface area (Å²) in [6.07, 6.45) is 1.62. The standard InChI is InChI=1S/C12H13N3O2S/c1-16-8-3-4-9(17-2)10(7-8)18-11-5-6-14-12(13)15-11/h3-7H,1-2H3,(H2,13,14,15). The zero-order valence-corrected chi connectivity index (χ0v) is 10.9. The SMILES string of the molecule is COc1ccc(OC)c(Sc2ccnc(N)n2)c1. The second-order valence-electron chi connectivity index (χ2n) is 3.37. The highest BCUT2D eigenvalue weighted by atomic mass is 32.2. The van der Waals surface area contributed by atoms with Gasteiger partial charge in [-0.2, -0.15) is 0 Å². The van der Waals surface area contributed by atoms with Crippen LogP contribution in [0.25, 0.3) is 0 Å². The van der Waals surface area contributed by atoms with Crippen LogP contribution in [0.15, 0.2) is 40.4 Å². The Labute approximate surface area is 109 Å². The van der Waals surface area contributed by atoms with Crippen molar-refractivity contribution < 1.29 is 9.47 Å². The van der Waals surface area contributed by atoms with Crippen LogP contribution < -0.4 is 15.2 Å². The van der Waals surface area contributed by atoms with Crippen LogP contribution in [0.3, 0.4) is 0 Å². The van der Waals surface area contributed by atoms with E-state index in [4.69, 9.17) is 15.2 Å². The van der Waals surface area contributed by atoms with Crippen LogP contribution in [0.4, 0.5) is 5.95 Å². The number of aromatic nitrogens is 2. The summed E-state index contributed by atoms with van der Waals surface area (Å²) in [6, 6.07) is 7.38. The molecule has 94 valence electrons. The van der Waals surface area contributed by atoms with Crippen molar-refractivity contribution in [1.29, 1.82) is 0 Å². The molecular formula is C12H13N3O2S. The molecule has 0 amide bonds.